The van der Waals surface area contributed by atoms with Crippen molar-refractivity contribution in [3.05, 3.63) is 34.4 Å². The predicted octanol–water partition coefficient (Wildman–Crippen LogP) is 1.44. The fourth-order valence-electron chi connectivity index (χ4n) is 4.27. The molecular formula is C22H28N4O6. The van der Waals surface area contributed by atoms with Gasteiger partial charge in [-0.05, 0) is 37.8 Å². The molecule has 2 amide bonds. The summed E-state index contributed by atoms with van der Waals surface area (Å²) in [5.74, 6) is -0.439. The number of nitro groups is 1. The van der Waals surface area contributed by atoms with Gasteiger partial charge < -0.3 is 19.4 Å². The summed E-state index contributed by atoms with van der Waals surface area (Å²) in [4.78, 5) is 52.9. The molecule has 0 atom stereocenters. The molecule has 3 aliphatic rings. The monoisotopic (exact) mass is 444 g/mol. The Labute approximate surface area is 186 Å². The number of nitro benzene ring substituents is 1. The van der Waals surface area contributed by atoms with Gasteiger partial charge in [-0.3, -0.25) is 24.5 Å². The number of hydrogen-bond acceptors (Lipinski definition) is 7. The van der Waals surface area contributed by atoms with Crippen LogP contribution in [-0.2, 0) is 19.1 Å². The first kappa shape index (κ1) is 22.0. The first-order valence-corrected chi connectivity index (χ1v) is 11.1. The van der Waals surface area contributed by atoms with Crippen LogP contribution in [0.4, 0.5) is 11.4 Å². The number of amides is 2. The van der Waals surface area contributed by atoms with Gasteiger partial charge in [-0.2, -0.15) is 0 Å². The summed E-state index contributed by atoms with van der Waals surface area (Å²) in [7, 11) is 0. The number of piperazine rings is 1. The minimum Gasteiger partial charge on any atom is -0.455 e. The molecule has 10 nitrogen and oxygen atoms in total. The Morgan fingerprint density at radius 2 is 1.50 bits per heavy atom. The van der Waals surface area contributed by atoms with E-state index in [-0.39, 0.29) is 41.9 Å². The van der Waals surface area contributed by atoms with E-state index in [1.54, 1.807) is 17.0 Å². The lowest BCUT2D eigenvalue weighted by atomic mass is 9.97. The van der Waals surface area contributed by atoms with Crippen LogP contribution in [0.15, 0.2) is 24.3 Å². The molecule has 4 rings (SSSR count). The molecule has 172 valence electrons. The highest BCUT2D eigenvalue weighted by Gasteiger charge is 2.36. The number of carbonyl (C=O) groups excluding carboxylic acids is 3. The fourth-order valence-corrected chi connectivity index (χ4v) is 4.27. The number of carbonyl (C=O) groups is 3. The molecule has 1 aliphatic carbocycles. The Balaban J connectivity index is 1.17. The van der Waals surface area contributed by atoms with Crippen molar-refractivity contribution in [2.24, 2.45) is 11.8 Å². The molecule has 1 aromatic carbocycles. The highest BCUT2D eigenvalue weighted by Crippen LogP contribution is 2.32. The molecule has 0 N–H and O–H groups in total. The number of esters is 1. The summed E-state index contributed by atoms with van der Waals surface area (Å²) >= 11 is 0. The van der Waals surface area contributed by atoms with E-state index in [1.807, 2.05) is 4.90 Å². The molecule has 3 fully saturated rings. The van der Waals surface area contributed by atoms with Crippen molar-refractivity contribution in [3.63, 3.8) is 0 Å². The molecule has 10 heteroatoms. The highest BCUT2D eigenvalue weighted by molar-refractivity contribution is 5.83. The molecule has 1 aromatic rings. The molecule has 0 spiro atoms. The predicted molar refractivity (Wildman–Crippen MR) is 115 cm³/mol. The van der Waals surface area contributed by atoms with Crippen LogP contribution in [0.1, 0.15) is 25.7 Å². The molecule has 2 heterocycles. The molecule has 0 bridgehead atoms. The summed E-state index contributed by atoms with van der Waals surface area (Å²) in [5, 5.41) is 10.8. The van der Waals surface area contributed by atoms with Gasteiger partial charge in [0.05, 0.1) is 10.8 Å². The number of nitrogens with zero attached hydrogens (tertiary/aromatic N) is 4. The van der Waals surface area contributed by atoms with E-state index < -0.39 is 4.92 Å². The van der Waals surface area contributed by atoms with Gasteiger partial charge in [0.2, 0.25) is 5.91 Å². The normalized spacial score (nSPS) is 19.6. The maximum atomic E-state index is 12.5. The van der Waals surface area contributed by atoms with Gasteiger partial charge in [-0.1, -0.05) is 0 Å². The van der Waals surface area contributed by atoms with E-state index in [9.17, 15) is 24.5 Å². The minimum absolute atomic E-state index is 0.0459. The number of anilines is 1. The maximum absolute atomic E-state index is 12.5. The number of likely N-dealkylation sites (tertiary alicyclic amines) is 1. The molecule has 0 aromatic heterocycles. The summed E-state index contributed by atoms with van der Waals surface area (Å²) in [5.41, 5.74) is 0.921. The van der Waals surface area contributed by atoms with Crippen LogP contribution in [0.25, 0.3) is 0 Å². The second kappa shape index (κ2) is 9.54. The van der Waals surface area contributed by atoms with Gasteiger partial charge in [0, 0.05) is 63.0 Å². The molecule has 2 aliphatic heterocycles. The van der Waals surface area contributed by atoms with Crippen LogP contribution in [0, 0.1) is 22.0 Å². The number of non-ortho nitro benzene ring substituents is 1. The second-order valence-corrected chi connectivity index (χ2v) is 8.62. The van der Waals surface area contributed by atoms with Crippen LogP contribution in [0.5, 0.6) is 0 Å². The van der Waals surface area contributed by atoms with Gasteiger partial charge in [-0.25, -0.2) is 0 Å². The zero-order valence-electron chi connectivity index (χ0n) is 18.0. The Bertz CT molecular complexity index is 869. The van der Waals surface area contributed by atoms with Crippen molar-refractivity contribution in [2.75, 3.05) is 50.8 Å². The lowest BCUT2D eigenvalue weighted by Crippen LogP contribution is -2.50. The largest absolute Gasteiger partial charge is 0.455 e. The van der Waals surface area contributed by atoms with Crippen LogP contribution >= 0.6 is 0 Å². The minimum atomic E-state index is -0.432. The van der Waals surface area contributed by atoms with Gasteiger partial charge >= 0.3 is 5.97 Å². The van der Waals surface area contributed by atoms with Crippen molar-refractivity contribution >= 4 is 29.2 Å². The lowest BCUT2D eigenvalue weighted by Gasteiger charge is -2.36. The van der Waals surface area contributed by atoms with Gasteiger partial charge in [-0.15, -0.1) is 0 Å². The van der Waals surface area contributed by atoms with E-state index in [2.05, 4.69) is 4.90 Å². The molecule has 0 unspecified atom stereocenters. The topological polar surface area (TPSA) is 113 Å². The molecule has 32 heavy (non-hydrogen) atoms. The number of benzene rings is 1. The van der Waals surface area contributed by atoms with Gasteiger partial charge in [0.15, 0.2) is 6.61 Å². The smallest absolute Gasteiger partial charge is 0.309 e. The standard InChI is InChI=1S/C22H28N4O6/c27-20(15-32-22(29)17-7-9-25(10-8-17)21(28)16-1-2-16)24-13-11-23(12-14-24)18-3-5-19(6-4-18)26(30)31/h3-6,16-17H,1-2,7-15H2. The Morgan fingerprint density at radius 3 is 2.06 bits per heavy atom. The number of piperidine rings is 1. The van der Waals surface area contributed by atoms with Crippen molar-refractivity contribution in [3.8, 4) is 0 Å². The van der Waals surface area contributed by atoms with Crippen LogP contribution in [-0.4, -0.2) is 78.4 Å². The number of ether oxygens (including phenoxy) is 1. The summed E-state index contributed by atoms with van der Waals surface area (Å²) < 4.78 is 5.29. The summed E-state index contributed by atoms with van der Waals surface area (Å²) in [6.07, 6.45) is 3.12. The average Bonchev–Trinajstić information content (AvgIpc) is 3.68. The Kier molecular flexibility index (Phi) is 6.57. The summed E-state index contributed by atoms with van der Waals surface area (Å²) in [6.45, 7) is 3.08. The zero-order chi connectivity index (χ0) is 22.7. The third kappa shape index (κ3) is 5.17. The van der Waals surface area contributed by atoms with Crippen LogP contribution < -0.4 is 4.90 Å². The third-order valence-corrected chi connectivity index (χ3v) is 6.46. The Morgan fingerprint density at radius 1 is 0.875 bits per heavy atom. The van der Waals surface area contributed by atoms with Crippen molar-refractivity contribution in [2.45, 2.75) is 25.7 Å². The molecular weight excluding hydrogens is 416 g/mol. The van der Waals surface area contributed by atoms with Crippen molar-refractivity contribution in [1.82, 2.24) is 9.80 Å². The highest BCUT2D eigenvalue weighted by atomic mass is 16.6. The van der Waals surface area contributed by atoms with E-state index >= 15 is 0 Å². The van der Waals surface area contributed by atoms with E-state index in [1.165, 1.54) is 12.1 Å². The van der Waals surface area contributed by atoms with E-state index in [4.69, 9.17) is 4.74 Å². The van der Waals surface area contributed by atoms with E-state index in [0.717, 1.165) is 18.5 Å². The lowest BCUT2D eigenvalue weighted by molar-refractivity contribution is -0.384. The first-order valence-electron chi connectivity index (χ1n) is 11.1. The quantitative estimate of drug-likeness (QED) is 0.371. The van der Waals surface area contributed by atoms with Crippen molar-refractivity contribution in [1.29, 1.82) is 0 Å². The SMILES string of the molecule is O=C(OCC(=O)N1CCN(c2ccc([N+](=O)[O-])cc2)CC1)C1CCN(C(=O)C2CC2)CC1. The molecule has 1 saturated carbocycles. The molecule has 0 radical (unpaired) electrons. The Hall–Kier alpha value is -3.17. The number of hydrogen-bond donors (Lipinski definition) is 0. The average molecular weight is 444 g/mol. The third-order valence-electron chi connectivity index (χ3n) is 6.46. The summed E-state index contributed by atoms with van der Waals surface area (Å²) in [6, 6.07) is 6.36. The van der Waals surface area contributed by atoms with Crippen LogP contribution in [0.2, 0.25) is 0 Å². The first-order chi connectivity index (χ1) is 15.4. The number of rotatable bonds is 6. The second-order valence-electron chi connectivity index (χ2n) is 8.62. The van der Waals surface area contributed by atoms with Crippen molar-refractivity contribution < 1.29 is 24.0 Å². The molecule has 2 saturated heterocycles. The fraction of sp³-hybridized carbons (Fsp3) is 0.591. The zero-order valence-corrected chi connectivity index (χ0v) is 18.0. The van der Waals surface area contributed by atoms with Gasteiger partial charge in [0.25, 0.3) is 11.6 Å². The van der Waals surface area contributed by atoms with Gasteiger partial charge in [0.1, 0.15) is 0 Å². The van der Waals surface area contributed by atoms with Crippen LogP contribution in [0.3, 0.4) is 0 Å². The van der Waals surface area contributed by atoms with E-state index in [0.29, 0.717) is 52.1 Å². The maximum Gasteiger partial charge on any atom is 0.309 e.